The van der Waals surface area contributed by atoms with Crippen LogP contribution in [0.2, 0.25) is 0 Å². The smallest absolute Gasteiger partial charge is 0.265 e. The van der Waals surface area contributed by atoms with E-state index >= 15 is 0 Å². The van der Waals surface area contributed by atoms with Gasteiger partial charge in [-0.3, -0.25) is 14.5 Å². The molecule has 0 bridgehead atoms. The third-order valence-electron chi connectivity index (χ3n) is 7.15. The molecule has 38 heavy (non-hydrogen) atoms. The Kier molecular flexibility index (Phi) is 8.56. The zero-order valence-electron chi connectivity index (χ0n) is 21.3. The van der Waals surface area contributed by atoms with Gasteiger partial charge < -0.3 is 10.2 Å². The lowest BCUT2D eigenvalue weighted by Crippen LogP contribution is -2.45. The van der Waals surface area contributed by atoms with Gasteiger partial charge in [0.2, 0.25) is 5.91 Å². The Morgan fingerprint density at radius 2 is 1.68 bits per heavy atom. The Bertz CT molecular complexity index is 1310. The van der Waals surface area contributed by atoms with Crippen LogP contribution >= 0.6 is 11.8 Å². The predicted molar refractivity (Wildman–Crippen MR) is 151 cm³/mol. The zero-order chi connectivity index (χ0) is 26.3. The van der Waals surface area contributed by atoms with E-state index in [4.69, 9.17) is 0 Å². The van der Waals surface area contributed by atoms with Crippen molar-refractivity contribution in [2.24, 2.45) is 5.92 Å². The van der Waals surface area contributed by atoms with Gasteiger partial charge in [-0.25, -0.2) is 4.39 Å². The van der Waals surface area contributed by atoms with Gasteiger partial charge in [0.1, 0.15) is 12.4 Å². The minimum Gasteiger partial charge on any atom is -0.353 e. The summed E-state index contributed by atoms with van der Waals surface area (Å²) >= 11 is 1.30. The van der Waals surface area contributed by atoms with Crippen LogP contribution in [0.4, 0.5) is 10.1 Å². The number of amides is 2. The van der Waals surface area contributed by atoms with Gasteiger partial charge in [-0.1, -0.05) is 72.4 Å². The van der Waals surface area contributed by atoms with E-state index < -0.39 is 0 Å². The fourth-order valence-corrected chi connectivity index (χ4v) is 6.12. The normalized spacial score (nSPS) is 17.4. The van der Waals surface area contributed by atoms with Gasteiger partial charge >= 0.3 is 0 Å². The lowest BCUT2D eigenvalue weighted by atomic mass is 9.90. The third-order valence-corrected chi connectivity index (χ3v) is 8.23. The number of hydrogen-bond donors (Lipinski definition) is 1. The lowest BCUT2D eigenvalue weighted by Gasteiger charge is -2.32. The average molecular weight is 530 g/mol. The van der Waals surface area contributed by atoms with Crippen molar-refractivity contribution in [2.45, 2.75) is 24.2 Å². The van der Waals surface area contributed by atoms with Gasteiger partial charge in [0.05, 0.1) is 10.6 Å². The maximum absolute atomic E-state index is 14.2. The Labute approximate surface area is 227 Å². The molecule has 1 fully saturated rings. The number of hydrogen-bond acceptors (Lipinski definition) is 4. The van der Waals surface area contributed by atoms with Gasteiger partial charge in [-0.2, -0.15) is 0 Å². The number of benzene rings is 3. The second kappa shape index (κ2) is 12.4. The highest BCUT2D eigenvalue weighted by Gasteiger charge is 2.30. The average Bonchev–Trinajstić information content (AvgIpc) is 2.94. The molecular formula is C31H32FN3O2S. The SMILES string of the molecule is O=C(CN1C(=O)C(=Cc2ccccc2F)Sc2ccccc21)NCCN1CCC(Cc2ccccc2)CC1. The summed E-state index contributed by atoms with van der Waals surface area (Å²) in [5.41, 5.74) is 2.45. The highest BCUT2D eigenvalue weighted by atomic mass is 32.2. The zero-order valence-corrected chi connectivity index (χ0v) is 22.1. The highest BCUT2D eigenvalue weighted by molar-refractivity contribution is 8.04. The number of thioether (sulfide) groups is 1. The minimum absolute atomic E-state index is 0.0792. The van der Waals surface area contributed by atoms with Crippen LogP contribution in [0.3, 0.4) is 0 Å². The van der Waals surface area contributed by atoms with Crippen LogP contribution in [0, 0.1) is 11.7 Å². The first-order chi connectivity index (χ1) is 18.6. The van der Waals surface area contributed by atoms with Crippen LogP contribution in [-0.4, -0.2) is 49.4 Å². The molecule has 0 spiro atoms. The van der Waals surface area contributed by atoms with E-state index in [1.54, 1.807) is 24.3 Å². The molecule has 3 aromatic carbocycles. The summed E-state index contributed by atoms with van der Waals surface area (Å²) in [6, 6.07) is 24.5. The van der Waals surface area contributed by atoms with Crippen molar-refractivity contribution in [3.63, 3.8) is 0 Å². The van der Waals surface area contributed by atoms with E-state index in [-0.39, 0.29) is 24.2 Å². The number of halogens is 1. The number of nitrogens with one attached hydrogen (secondary N) is 1. The lowest BCUT2D eigenvalue weighted by molar-refractivity contribution is -0.122. The first kappa shape index (κ1) is 26.2. The van der Waals surface area contributed by atoms with Gasteiger partial charge in [0.15, 0.2) is 0 Å². The molecule has 0 atom stereocenters. The predicted octanol–water partition coefficient (Wildman–Crippen LogP) is 5.38. The van der Waals surface area contributed by atoms with Gasteiger partial charge in [-0.05, 0) is 68.1 Å². The minimum atomic E-state index is -0.388. The number of anilines is 1. The van der Waals surface area contributed by atoms with Crippen molar-refractivity contribution in [3.8, 4) is 0 Å². The molecule has 2 amide bonds. The molecule has 0 saturated carbocycles. The topological polar surface area (TPSA) is 52.7 Å². The summed E-state index contributed by atoms with van der Waals surface area (Å²) in [4.78, 5) is 31.4. The first-order valence-corrected chi connectivity index (χ1v) is 14.0. The molecular weight excluding hydrogens is 497 g/mol. The van der Waals surface area contributed by atoms with Crippen LogP contribution in [0.5, 0.6) is 0 Å². The molecule has 2 aliphatic rings. The summed E-state index contributed by atoms with van der Waals surface area (Å²) in [5.74, 6) is -0.185. The van der Waals surface area contributed by atoms with Crippen molar-refractivity contribution < 1.29 is 14.0 Å². The molecule has 1 N–H and O–H groups in total. The Morgan fingerprint density at radius 3 is 2.47 bits per heavy atom. The van der Waals surface area contributed by atoms with Gasteiger partial charge in [0.25, 0.3) is 5.91 Å². The van der Waals surface area contributed by atoms with Gasteiger partial charge in [0, 0.05) is 23.5 Å². The van der Waals surface area contributed by atoms with Crippen LogP contribution in [0.15, 0.2) is 88.7 Å². The van der Waals surface area contributed by atoms with E-state index in [2.05, 4.69) is 40.5 Å². The molecule has 5 nitrogen and oxygen atoms in total. The van der Waals surface area contributed by atoms with Gasteiger partial charge in [-0.15, -0.1) is 0 Å². The molecule has 196 valence electrons. The molecule has 0 unspecified atom stereocenters. The fourth-order valence-electron chi connectivity index (χ4n) is 5.07. The quantitative estimate of drug-likeness (QED) is 0.399. The number of likely N-dealkylation sites (tertiary alicyclic amines) is 1. The molecule has 0 radical (unpaired) electrons. The molecule has 5 rings (SSSR count). The molecule has 0 aliphatic carbocycles. The highest BCUT2D eigenvalue weighted by Crippen LogP contribution is 2.42. The number of piperidine rings is 1. The second-order valence-electron chi connectivity index (χ2n) is 9.82. The van der Waals surface area contributed by atoms with E-state index in [1.807, 2.05) is 24.3 Å². The molecule has 2 heterocycles. The maximum Gasteiger partial charge on any atom is 0.265 e. The molecule has 1 saturated heterocycles. The van der Waals surface area contributed by atoms with E-state index in [1.165, 1.54) is 28.3 Å². The summed E-state index contributed by atoms with van der Waals surface area (Å²) in [6.45, 7) is 3.32. The largest absolute Gasteiger partial charge is 0.353 e. The van der Waals surface area contributed by atoms with Crippen LogP contribution in [-0.2, 0) is 16.0 Å². The summed E-state index contributed by atoms with van der Waals surface area (Å²) in [7, 11) is 0. The number of carbonyl (C=O) groups is 2. The Balaban J connectivity index is 1.14. The van der Waals surface area contributed by atoms with Crippen molar-refractivity contribution in [1.29, 1.82) is 0 Å². The Hall–Kier alpha value is -3.42. The number of fused-ring (bicyclic) bond motifs is 1. The standard InChI is InChI=1S/C31H32FN3O2S/c32-26-11-5-4-10-25(26)21-29-31(37)35(27-12-6-7-13-28(27)38-29)22-30(36)33-16-19-34-17-14-24(15-18-34)20-23-8-2-1-3-9-23/h1-13,21,24H,14-20,22H2,(H,33,36). The van der Waals surface area contributed by atoms with Crippen LogP contribution < -0.4 is 10.2 Å². The van der Waals surface area contributed by atoms with Crippen LogP contribution in [0.25, 0.3) is 6.08 Å². The van der Waals surface area contributed by atoms with Crippen molar-refractivity contribution in [2.75, 3.05) is 37.6 Å². The monoisotopic (exact) mass is 529 g/mol. The van der Waals surface area contributed by atoms with E-state index in [0.717, 1.165) is 43.8 Å². The summed E-state index contributed by atoms with van der Waals surface area (Å²) in [6.07, 6.45) is 5.01. The van der Waals surface area contributed by atoms with Crippen molar-refractivity contribution in [1.82, 2.24) is 10.2 Å². The fraction of sp³-hybridized carbons (Fsp3) is 0.290. The van der Waals surface area contributed by atoms with Crippen molar-refractivity contribution in [3.05, 3.63) is 101 Å². The number of para-hydroxylation sites is 1. The number of nitrogens with zero attached hydrogens (tertiary/aromatic N) is 2. The molecule has 7 heteroatoms. The maximum atomic E-state index is 14.2. The second-order valence-corrected chi connectivity index (χ2v) is 10.9. The Morgan fingerprint density at radius 1 is 0.974 bits per heavy atom. The number of rotatable bonds is 8. The first-order valence-electron chi connectivity index (χ1n) is 13.1. The molecule has 2 aliphatic heterocycles. The molecule has 3 aromatic rings. The third kappa shape index (κ3) is 6.52. The van der Waals surface area contributed by atoms with E-state index in [9.17, 15) is 14.0 Å². The summed E-state index contributed by atoms with van der Waals surface area (Å²) < 4.78 is 14.2. The number of carbonyl (C=O) groups excluding carboxylic acids is 2. The van der Waals surface area contributed by atoms with Crippen molar-refractivity contribution >= 4 is 35.3 Å². The summed E-state index contributed by atoms with van der Waals surface area (Å²) in [5, 5.41) is 2.99. The molecule has 0 aromatic heterocycles. The van der Waals surface area contributed by atoms with E-state index in [0.29, 0.717) is 28.6 Å². The van der Waals surface area contributed by atoms with Crippen LogP contribution in [0.1, 0.15) is 24.0 Å².